The number of rotatable bonds is 6. The van der Waals surface area contributed by atoms with Crippen molar-refractivity contribution in [2.45, 2.75) is 51.9 Å². The minimum absolute atomic E-state index is 0.107. The van der Waals surface area contributed by atoms with Crippen molar-refractivity contribution in [2.75, 3.05) is 5.75 Å². The van der Waals surface area contributed by atoms with E-state index in [1.165, 1.54) is 6.42 Å². The Kier molecular flexibility index (Phi) is 6.96. The molecule has 1 nitrogen and oxygen atoms in total. The minimum Gasteiger partial charge on any atom is -0.392 e. The zero-order valence-electron chi connectivity index (χ0n) is 8.71. The molecule has 0 aliphatic carbocycles. The van der Waals surface area contributed by atoms with E-state index in [0.29, 0.717) is 11.2 Å². The van der Waals surface area contributed by atoms with Gasteiger partial charge in [0.2, 0.25) is 0 Å². The van der Waals surface area contributed by atoms with E-state index < -0.39 is 0 Å². The van der Waals surface area contributed by atoms with Gasteiger partial charge in [-0.15, -0.1) is 0 Å². The molecule has 0 aromatic rings. The molecule has 1 N–H and O–H groups in total. The van der Waals surface area contributed by atoms with Crippen molar-refractivity contribution >= 4 is 11.8 Å². The van der Waals surface area contributed by atoms with Gasteiger partial charge >= 0.3 is 0 Å². The Morgan fingerprint density at radius 2 is 1.83 bits per heavy atom. The maximum Gasteiger partial charge on any atom is 0.0633 e. The smallest absolute Gasteiger partial charge is 0.0633 e. The number of hydrogen-bond donors (Lipinski definition) is 1. The van der Waals surface area contributed by atoms with Crippen molar-refractivity contribution in [3.8, 4) is 0 Å². The van der Waals surface area contributed by atoms with Crippen molar-refractivity contribution in [1.29, 1.82) is 0 Å². The van der Waals surface area contributed by atoms with Gasteiger partial charge in [-0.25, -0.2) is 0 Å². The number of aliphatic hydroxyl groups excluding tert-OH is 1. The average molecular weight is 190 g/mol. The van der Waals surface area contributed by atoms with E-state index in [9.17, 15) is 5.11 Å². The molecular formula is C10H22OS. The van der Waals surface area contributed by atoms with Gasteiger partial charge in [-0.05, 0) is 18.8 Å². The number of hydrogen-bond acceptors (Lipinski definition) is 2. The summed E-state index contributed by atoms with van der Waals surface area (Å²) in [6.07, 6.45) is 2.02. The van der Waals surface area contributed by atoms with Crippen molar-refractivity contribution < 1.29 is 5.11 Å². The Hall–Kier alpha value is 0.310. The predicted octanol–water partition coefficient (Wildman–Crippen LogP) is 2.93. The largest absolute Gasteiger partial charge is 0.392 e. The van der Waals surface area contributed by atoms with E-state index >= 15 is 0 Å². The standard InChI is InChI=1S/C10H22OS/c1-5-9(4)12-7-10(11)6-8(2)3/h8-11H,5-7H2,1-4H3. The topological polar surface area (TPSA) is 20.2 Å². The maximum absolute atomic E-state index is 9.54. The van der Waals surface area contributed by atoms with Crippen molar-refractivity contribution in [2.24, 2.45) is 5.92 Å². The van der Waals surface area contributed by atoms with E-state index in [-0.39, 0.29) is 6.10 Å². The second-order valence-corrected chi connectivity index (χ2v) is 5.31. The molecule has 2 unspecified atom stereocenters. The van der Waals surface area contributed by atoms with Gasteiger partial charge in [0.15, 0.2) is 0 Å². The Labute approximate surface area is 80.9 Å². The highest BCUT2D eigenvalue weighted by Gasteiger charge is 2.08. The quantitative estimate of drug-likeness (QED) is 0.695. The summed E-state index contributed by atoms with van der Waals surface area (Å²) in [6, 6.07) is 0. The van der Waals surface area contributed by atoms with Crippen LogP contribution < -0.4 is 0 Å². The van der Waals surface area contributed by atoms with Crippen LogP contribution in [0.1, 0.15) is 40.5 Å². The van der Waals surface area contributed by atoms with Gasteiger partial charge in [-0.2, -0.15) is 11.8 Å². The van der Waals surface area contributed by atoms with Crippen LogP contribution in [0.15, 0.2) is 0 Å². The zero-order chi connectivity index (χ0) is 9.56. The van der Waals surface area contributed by atoms with Crippen LogP contribution in [0.25, 0.3) is 0 Å². The molecule has 0 saturated heterocycles. The second-order valence-electron chi connectivity index (χ2n) is 3.84. The molecule has 0 aromatic heterocycles. The average Bonchev–Trinajstić information content (AvgIpc) is 1.99. The summed E-state index contributed by atoms with van der Waals surface area (Å²) in [5.74, 6) is 1.50. The highest BCUT2D eigenvalue weighted by molar-refractivity contribution is 7.99. The lowest BCUT2D eigenvalue weighted by Crippen LogP contribution is -2.14. The zero-order valence-corrected chi connectivity index (χ0v) is 9.53. The molecule has 0 aromatic carbocycles. The van der Waals surface area contributed by atoms with E-state index in [1.54, 1.807) is 0 Å². The third-order valence-corrected chi connectivity index (χ3v) is 3.37. The van der Waals surface area contributed by atoms with Gasteiger partial charge in [-0.3, -0.25) is 0 Å². The lowest BCUT2D eigenvalue weighted by molar-refractivity contribution is 0.172. The van der Waals surface area contributed by atoms with Crippen LogP contribution in [0.5, 0.6) is 0 Å². The van der Waals surface area contributed by atoms with Crippen LogP contribution >= 0.6 is 11.8 Å². The molecule has 0 spiro atoms. The van der Waals surface area contributed by atoms with Gasteiger partial charge in [0.05, 0.1) is 6.10 Å². The molecular weight excluding hydrogens is 168 g/mol. The van der Waals surface area contributed by atoms with Crippen LogP contribution in [0.4, 0.5) is 0 Å². The fourth-order valence-corrected chi connectivity index (χ4v) is 1.93. The maximum atomic E-state index is 9.54. The van der Waals surface area contributed by atoms with Crippen molar-refractivity contribution in [1.82, 2.24) is 0 Å². The third kappa shape index (κ3) is 6.99. The van der Waals surface area contributed by atoms with Gasteiger partial charge in [0, 0.05) is 11.0 Å². The summed E-state index contributed by atoms with van der Waals surface area (Å²) in [4.78, 5) is 0. The van der Waals surface area contributed by atoms with E-state index in [0.717, 1.165) is 12.2 Å². The Morgan fingerprint density at radius 1 is 1.25 bits per heavy atom. The minimum atomic E-state index is -0.107. The molecule has 2 heteroatoms. The van der Waals surface area contributed by atoms with Gasteiger partial charge in [0.25, 0.3) is 0 Å². The molecule has 74 valence electrons. The summed E-state index contributed by atoms with van der Waals surface area (Å²) < 4.78 is 0. The monoisotopic (exact) mass is 190 g/mol. The molecule has 0 saturated carbocycles. The van der Waals surface area contributed by atoms with Crippen LogP contribution in [0.3, 0.4) is 0 Å². The van der Waals surface area contributed by atoms with E-state index in [2.05, 4.69) is 27.7 Å². The molecule has 0 amide bonds. The van der Waals surface area contributed by atoms with Gasteiger partial charge < -0.3 is 5.11 Å². The Morgan fingerprint density at radius 3 is 2.25 bits per heavy atom. The molecule has 0 radical (unpaired) electrons. The highest BCUT2D eigenvalue weighted by atomic mass is 32.2. The number of thioether (sulfide) groups is 1. The first-order valence-electron chi connectivity index (χ1n) is 4.85. The van der Waals surface area contributed by atoms with E-state index in [1.807, 2.05) is 11.8 Å². The summed E-state index contributed by atoms with van der Waals surface area (Å²) >= 11 is 1.88. The lowest BCUT2D eigenvalue weighted by atomic mass is 10.1. The first-order chi connectivity index (χ1) is 5.56. The van der Waals surface area contributed by atoms with Crippen LogP contribution in [0, 0.1) is 5.92 Å². The van der Waals surface area contributed by atoms with Crippen molar-refractivity contribution in [3.63, 3.8) is 0 Å². The lowest BCUT2D eigenvalue weighted by Gasteiger charge is -2.14. The predicted molar refractivity (Wildman–Crippen MR) is 57.7 cm³/mol. The molecule has 2 atom stereocenters. The summed E-state index contributed by atoms with van der Waals surface area (Å²) in [6.45, 7) is 8.70. The second kappa shape index (κ2) is 6.79. The van der Waals surface area contributed by atoms with Crippen LogP contribution in [0.2, 0.25) is 0 Å². The summed E-state index contributed by atoms with van der Waals surface area (Å²) in [5.41, 5.74) is 0. The number of aliphatic hydroxyl groups is 1. The molecule has 0 rings (SSSR count). The van der Waals surface area contributed by atoms with Gasteiger partial charge in [0.1, 0.15) is 0 Å². The molecule has 0 aliphatic rings. The Bertz CT molecular complexity index is 104. The van der Waals surface area contributed by atoms with Crippen LogP contribution in [-0.2, 0) is 0 Å². The first-order valence-corrected chi connectivity index (χ1v) is 5.90. The molecule has 0 bridgehead atoms. The summed E-state index contributed by atoms with van der Waals surface area (Å²) in [7, 11) is 0. The molecule has 0 aliphatic heterocycles. The SMILES string of the molecule is CCC(C)SCC(O)CC(C)C. The Balaban J connectivity index is 3.36. The molecule has 12 heavy (non-hydrogen) atoms. The third-order valence-electron chi connectivity index (χ3n) is 1.89. The highest BCUT2D eigenvalue weighted by Crippen LogP contribution is 2.17. The summed E-state index contributed by atoms with van der Waals surface area (Å²) in [5, 5.41) is 10.2. The first kappa shape index (κ1) is 12.3. The van der Waals surface area contributed by atoms with E-state index in [4.69, 9.17) is 0 Å². The normalized spacial score (nSPS) is 16.5. The molecule has 0 heterocycles. The fourth-order valence-electron chi connectivity index (χ4n) is 1.01. The fraction of sp³-hybridized carbons (Fsp3) is 1.00. The van der Waals surface area contributed by atoms with Gasteiger partial charge in [-0.1, -0.05) is 27.7 Å². The molecule has 0 fully saturated rings. The van der Waals surface area contributed by atoms with Crippen molar-refractivity contribution in [3.05, 3.63) is 0 Å². The van der Waals surface area contributed by atoms with Crippen LogP contribution in [-0.4, -0.2) is 22.2 Å².